The first kappa shape index (κ1) is 11.8. The van der Waals surface area contributed by atoms with Crippen LogP contribution in [0.5, 0.6) is 0 Å². The van der Waals surface area contributed by atoms with Gasteiger partial charge in [-0.3, -0.25) is 9.97 Å². The lowest BCUT2D eigenvalue weighted by atomic mass is 9.96. The van der Waals surface area contributed by atoms with Gasteiger partial charge in [0.1, 0.15) is 0 Å². The third-order valence-electron chi connectivity index (χ3n) is 3.35. The third-order valence-corrected chi connectivity index (χ3v) is 3.35. The Morgan fingerprint density at radius 1 is 1.05 bits per heavy atom. The van der Waals surface area contributed by atoms with Crippen molar-refractivity contribution in [1.82, 2.24) is 9.97 Å². The van der Waals surface area contributed by atoms with E-state index in [-0.39, 0.29) is 6.04 Å². The largest absolute Gasteiger partial charge is 0.320 e. The van der Waals surface area contributed by atoms with E-state index in [2.05, 4.69) is 22.1 Å². The monoisotopic (exact) mass is 249 g/mol. The zero-order valence-corrected chi connectivity index (χ0v) is 10.7. The van der Waals surface area contributed by atoms with Gasteiger partial charge in [0.2, 0.25) is 0 Å². The Kier molecular flexibility index (Phi) is 2.97. The number of hydrogen-bond acceptors (Lipinski definition) is 3. The van der Waals surface area contributed by atoms with Crippen LogP contribution >= 0.6 is 0 Å². The van der Waals surface area contributed by atoms with Gasteiger partial charge in [-0.2, -0.15) is 0 Å². The molecule has 0 aliphatic rings. The highest BCUT2D eigenvalue weighted by atomic mass is 14.7. The normalized spacial score (nSPS) is 12.5. The summed E-state index contributed by atoms with van der Waals surface area (Å²) < 4.78 is 0. The fourth-order valence-corrected chi connectivity index (χ4v) is 2.25. The van der Waals surface area contributed by atoms with Crippen molar-refractivity contribution < 1.29 is 0 Å². The summed E-state index contributed by atoms with van der Waals surface area (Å²) in [6.45, 7) is 1.97. The molecule has 2 heterocycles. The second-order valence-electron chi connectivity index (χ2n) is 4.65. The number of nitrogens with two attached hydrogens (primary N) is 1. The number of aromatic nitrogens is 2. The molecule has 0 radical (unpaired) electrons. The second-order valence-corrected chi connectivity index (χ2v) is 4.65. The summed E-state index contributed by atoms with van der Waals surface area (Å²) in [5.74, 6) is 0. The van der Waals surface area contributed by atoms with Crippen molar-refractivity contribution in [2.75, 3.05) is 0 Å². The number of pyridine rings is 2. The van der Waals surface area contributed by atoms with Crippen LogP contribution < -0.4 is 5.73 Å². The molecule has 94 valence electrons. The highest BCUT2D eigenvalue weighted by Gasteiger charge is 2.12. The van der Waals surface area contributed by atoms with E-state index in [1.165, 1.54) is 0 Å². The van der Waals surface area contributed by atoms with E-state index in [4.69, 9.17) is 5.73 Å². The van der Waals surface area contributed by atoms with Crippen molar-refractivity contribution in [2.24, 2.45) is 5.73 Å². The van der Waals surface area contributed by atoms with Crippen LogP contribution in [0.3, 0.4) is 0 Å². The van der Waals surface area contributed by atoms with Gasteiger partial charge in [0.25, 0.3) is 0 Å². The molecular weight excluding hydrogens is 234 g/mol. The first-order valence-electron chi connectivity index (χ1n) is 6.26. The van der Waals surface area contributed by atoms with Crippen LogP contribution in [0, 0.1) is 6.92 Å². The lowest BCUT2D eigenvalue weighted by molar-refractivity contribution is 0.868. The SMILES string of the molecule is Cc1ccc(C(N)c2cccc3ccncc23)cn1. The summed E-state index contributed by atoms with van der Waals surface area (Å²) in [4.78, 5) is 8.50. The molecule has 0 fully saturated rings. The minimum Gasteiger partial charge on any atom is -0.320 e. The Hall–Kier alpha value is -2.26. The van der Waals surface area contributed by atoms with Crippen LogP contribution in [0.1, 0.15) is 22.9 Å². The number of nitrogens with zero attached hydrogens (tertiary/aromatic N) is 2. The van der Waals surface area contributed by atoms with Gasteiger partial charge in [0.05, 0.1) is 6.04 Å². The van der Waals surface area contributed by atoms with Crippen LogP contribution in [-0.4, -0.2) is 9.97 Å². The molecule has 0 aliphatic heterocycles. The van der Waals surface area contributed by atoms with Gasteiger partial charge < -0.3 is 5.73 Å². The molecule has 0 saturated heterocycles. The maximum Gasteiger partial charge on any atom is 0.0573 e. The summed E-state index contributed by atoms with van der Waals surface area (Å²) in [5.41, 5.74) is 9.46. The Morgan fingerprint density at radius 3 is 2.74 bits per heavy atom. The smallest absolute Gasteiger partial charge is 0.0573 e. The Balaban J connectivity index is 2.11. The number of rotatable bonds is 2. The van der Waals surface area contributed by atoms with E-state index in [1.54, 1.807) is 6.20 Å². The van der Waals surface area contributed by atoms with Crippen LogP contribution in [0.15, 0.2) is 55.0 Å². The number of fused-ring (bicyclic) bond motifs is 1. The molecular formula is C16H15N3. The Labute approximate surface area is 112 Å². The summed E-state index contributed by atoms with van der Waals surface area (Å²) in [5, 5.41) is 2.25. The average molecular weight is 249 g/mol. The first-order valence-corrected chi connectivity index (χ1v) is 6.26. The predicted octanol–water partition coefficient (Wildman–Crippen LogP) is 2.99. The highest BCUT2D eigenvalue weighted by Crippen LogP contribution is 2.26. The van der Waals surface area contributed by atoms with E-state index >= 15 is 0 Å². The average Bonchev–Trinajstić information content (AvgIpc) is 2.47. The van der Waals surface area contributed by atoms with Gasteiger partial charge >= 0.3 is 0 Å². The molecule has 3 rings (SSSR count). The van der Waals surface area contributed by atoms with E-state index in [0.29, 0.717) is 0 Å². The predicted molar refractivity (Wildman–Crippen MR) is 76.7 cm³/mol. The maximum absolute atomic E-state index is 6.36. The van der Waals surface area contributed by atoms with Crippen molar-refractivity contribution in [3.8, 4) is 0 Å². The van der Waals surface area contributed by atoms with Gasteiger partial charge in [-0.15, -0.1) is 0 Å². The molecule has 1 unspecified atom stereocenters. The zero-order valence-electron chi connectivity index (χ0n) is 10.7. The molecule has 3 heteroatoms. The molecule has 0 aliphatic carbocycles. The number of hydrogen-bond donors (Lipinski definition) is 1. The third kappa shape index (κ3) is 2.20. The molecule has 0 bridgehead atoms. The van der Waals surface area contributed by atoms with Gasteiger partial charge in [-0.1, -0.05) is 24.3 Å². The fraction of sp³-hybridized carbons (Fsp3) is 0.125. The second kappa shape index (κ2) is 4.78. The van der Waals surface area contributed by atoms with Crippen molar-refractivity contribution in [2.45, 2.75) is 13.0 Å². The van der Waals surface area contributed by atoms with Gasteiger partial charge in [-0.05, 0) is 35.6 Å². The first-order chi connectivity index (χ1) is 9.25. The number of aryl methyl sites for hydroxylation is 1. The molecule has 3 aromatic rings. The van der Waals surface area contributed by atoms with E-state index < -0.39 is 0 Å². The minimum absolute atomic E-state index is 0.180. The molecule has 19 heavy (non-hydrogen) atoms. The van der Waals surface area contributed by atoms with Crippen LogP contribution in [0.25, 0.3) is 10.8 Å². The molecule has 0 amide bonds. The van der Waals surface area contributed by atoms with E-state index in [0.717, 1.165) is 27.6 Å². The van der Waals surface area contributed by atoms with Gasteiger partial charge in [0, 0.05) is 29.7 Å². The van der Waals surface area contributed by atoms with Crippen molar-refractivity contribution in [1.29, 1.82) is 0 Å². The van der Waals surface area contributed by atoms with Crippen molar-refractivity contribution in [3.05, 3.63) is 71.8 Å². The van der Waals surface area contributed by atoms with E-state index in [1.807, 2.05) is 43.6 Å². The molecule has 0 saturated carbocycles. The summed E-state index contributed by atoms with van der Waals surface area (Å²) >= 11 is 0. The molecule has 1 atom stereocenters. The fourth-order valence-electron chi connectivity index (χ4n) is 2.25. The minimum atomic E-state index is -0.180. The summed E-state index contributed by atoms with van der Waals surface area (Å²) in [7, 11) is 0. The Bertz CT molecular complexity index is 699. The lowest BCUT2D eigenvalue weighted by Crippen LogP contribution is -2.12. The van der Waals surface area contributed by atoms with Gasteiger partial charge in [-0.25, -0.2) is 0 Å². The van der Waals surface area contributed by atoms with E-state index in [9.17, 15) is 0 Å². The summed E-state index contributed by atoms with van der Waals surface area (Å²) in [6.07, 6.45) is 5.51. The molecule has 3 nitrogen and oxygen atoms in total. The molecule has 2 aromatic heterocycles. The van der Waals surface area contributed by atoms with Crippen LogP contribution in [0.4, 0.5) is 0 Å². The molecule has 1 aromatic carbocycles. The number of benzene rings is 1. The highest BCUT2D eigenvalue weighted by molar-refractivity contribution is 5.85. The lowest BCUT2D eigenvalue weighted by Gasteiger charge is -2.14. The van der Waals surface area contributed by atoms with Crippen LogP contribution in [0.2, 0.25) is 0 Å². The zero-order chi connectivity index (χ0) is 13.2. The van der Waals surface area contributed by atoms with Crippen LogP contribution in [-0.2, 0) is 0 Å². The maximum atomic E-state index is 6.36. The van der Waals surface area contributed by atoms with Gasteiger partial charge in [0.15, 0.2) is 0 Å². The Morgan fingerprint density at radius 2 is 1.95 bits per heavy atom. The quantitative estimate of drug-likeness (QED) is 0.759. The molecule has 2 N–H and O–H groups in total. The topological polar surface area (TPSA) is 51.8 Å². The summed E-state index contributed by atoms with van der Waals surface area (Å²) in [6, 6.07) is 12.0. The standard InChI is InChI=1S/C16H15N3/c1-11-5-6-13(9-19-11)16(17)14-4-2-3-12-7-8-18-10-15(12)14/h2-10,16H,17H2,1H3. The molecule has 0 spiro atoms. The van der Waals surface area contributed by atoms with Crippen molar-refractivity contribution >= 4 is 10.8 Å². The van der Waals surface area contributed by atoms with Crippen molar-refractivity contribution in [3.63, 3.8) is 0 Å².